The van der Waals surface area contributed by atoms with Crippen molar-refractivity contribution in [2.24, 2.45) is 5.92 Å². The Balaban J connectivity index is 2.06. The van der Waals surface area contributed by atoms with E-state index in [1.807, 2.05) is 6.92 Å². The fourth-order valence-electron chi connectivity index (χ4n) is 4.23. The van der Waals surface area contributed by atoms with E-state index in [1.165, 1.54) is 0 Å². The minimum atomic E-state index is -0.851. The zero-order valence-electron chi connectivity index (χ0n) is 14.0. The fraction of sp³-hybridized carbons (Fsp3) is 0.882. The van der Waals surface area contributed by atoms with Gasteiger partial charge in [-0.05, 0) is 44.9 Å². The molecule has 1 aliphatic carbocycles. The van der Waals surface area contributed by atoms with Gasteiger partial charge in [-0.25, -0.2) is 4.79 Å². The van der Waals surface area contributed by atoms with Crippen molar-refractivity contribution in [1.82, 2.24) is 10.2 Å². The summed E-state index contributed by atoms with van der Waals surface area (Å²) in [6, 6.07) is -0.464. The van der Waals surface area contributed by atoms with Crippen molar-refractivity contribution in [3.63, 3.8) is 0 Å². The second-order valence-corrected chi connectivity index (χ2v) is 6.88. The first kappa shape index (κ1) is 17.3. The van der Waals surface area contributed by atoms with E-state index < -0.39 is 12.0 Å². The minimum Gasteiger partial charge on any atom is -0.480 e. The largest absolute Gasteiger partial charge is 0.480 e. The van der Waals surface area contributed by atoms with Crippen LogP contribution in [-0.2, 0) is 9.59 Å². The summed E-state index contributed by atoms with van der Waals surface area (Å²) in [7, 11) is 0. The summed E-state index contributed by atoms with van der Waals surface area (Å²) in [6.07, 6.45) is 6.87. The van der Waals surface area contributed by atoms with E-state index in [1.54, 1.807) is 4.90 Å². The van der Waals surface area contributed by atoms with Gasteiger partial charge < -0.3 is 15.3 Å². The summed E-state index contributed by atoms with van der Waals surface area (Å²) in [4.78, 5) is 26.1. The van der Waals surface area contributed by atoms with Gasteiger partial charge in [0.2, 0.25) is 5.91 Å². The van der Waals surface area contributed by atoms with Crippen molar-refractivity contribution in [1.29, 1.82) is 0 Å². The first-order valence-electron chi connectivity index (χ1n) is 8.80. The number of nitrogens with zero attached hydrogens (tertiary/aromatic N) is 1. The van der Waals surface area contributed by atoms with Crippen molar-refractivity contribution in [2.45, 2.75) is 89.9 Å². The number of hydrogen-bond donors (Lipinski definition) is 2. The molecular weight excluding hydrogens is 280 g/mol. The molecule has 2 fully saturated rings. The molecule has 2 N–H and O–H groups in total. The van der Waals surface area contributed by atoms with Crippen LogP contribution in [0.15, 0.2) is 0 Å². The molecule has 2 aliphatic rings. The first-order valence-corrected chi connectivity index (χ1v) is 8.80. The monoisotopic (exact) mass is 310 g/mol. The number of carboxylic acids is 1. The van der Waals surface area contributed by atoms with Crippen molar-refractivity contribution < 1.29 is 14.7 Å². The molecule has 22 heavy (non-hydrogen) atoms. The van der Waals surface area contributed by atoms with E-state index >= 15 is 0 Å². The molecule has 0 aromatic heterocycles. The molecule has 5 atom stereocenters. The van der Waals surface area contributed by atoms with Crippen LogP contribution >= 0.6 is 0 Å². The third-order valence-electron chi connectivity index (χ3n) is 5.36. The van der Waals surface area contributed by atoms with Crippen LogP contribution in [0.2, 0.25) is 0 Å². The molecule has 1 amide bonds. The van der Waals surface area contributed by atoms with E-state index in [-0.39, 0.29) is 18.0 Å². The Kier molecular flexibility index (Phi) is 5.84. The maximum Gasteiger partial charge on any atom is 0.326 e. The van der Waals surface area contributed by atoms with Crippen LogP contribution in [-0.4, -0.2) is 46.1 Å². The lowest BCUT2D eigenvalue weighted by atomic mass is 10.0. The Bertz CT molecular complexity index is 413. The van der Waals surface area contributed by atoms with Gasteiger partial charge in [-0.2, -0.15) is 0 Å². The molecule has 0 aromatic carbocycles. The average molecular weight is 310 g/mol. The summed E-state index contributed by atoms with van der Waals surface area (Å²) in [5.41, 5.74) is 0. The standard InChI is InChI=1S/C17H30N2O3/c1-4-7-13(5-2)18-11(3)16(20)19-14-9-6-8-12(14)10-15(19)17(21)22/h11-15,18H,4-10H2,1-3H3,(H,21,22). The van der Waals surface area contributed by atoms with Gasteiger partial charge >= 0.3 is 5.97 Å². The van der Waals surface area contributed by atoms with Crippen LogP contribution < -0.4 is 5.32 Å². The fourth-order valence-corrected chi connectivity index (χ4v) is 4.23. The summed E-state index contributed by atoms with van der Waals surface area (Å²) in [5.74, 6) is -0.498. The lowest BCUT2D eigenvalue weighted by Crippen LogP contribution is -2.53. The number of hydrogen-bond acceptors (Lipinski definition) is 3. The third-order valence-corrected chi connectivity index (χ3v) is 5.36. The smallest absolute Gasteiger partial charge is 0.326 e. The number of carbonyl (C=O) groups excluding carboxylic acids is 1. The Morgan fingerprint density at radius 1 is 1.32 bits per heavy atom. The number of amides is 1. The molecular formula is C17H30N2O3. The van der Waals surface area contributed by atoms with Crippen LogP contribution in [0.5, 0.6) is 0 Å². The van der Waals surface area contributed by atoms with Gasteiger partial charge in [0.25, 0.3) is 0 Å². The van der Waals surface area contributed by atoms with Gasteiger partial charge in [0.1, 0.15) is 6.04 Å². The summed E-state index contributed by atoms with van der Waals surface area (Å²) < 4.78 is 0. The number of rotatable bonds is 7. The Morgan fingerprint density at radius 2 is 2.05 bits per heavy atom. The number of nitrogens with one attached hydrogen (secondary N) is 1. The first-order chi connectivity index (χ1) is 10.5. The molecule has 0 aromatic rings. The minimum absolute atomic E-state index is 0.0312. The van der Waals surface area contributed by atoms with E-state index in [9.17, 15) is 14.7 Å². The maximum atomic E-state index is 12.9. The lowest BCUT2D eigenvalue weighted by Gasteiger charge is -2.32. The molecule has 1 saturated carbocycles. The highest BCUT2D eigenvalue weighted by atomic mass is 16.4. The van der Waals surface area contributed by atoms with Crippen molar-refractivity contribution in [3.05, 3.63) is 0 Å². The van der Waals surface area contributed by atoms with Gasteiger partial charge in [0, 0.05) is 12.1 Å². The Labute approximate surface area is 133 Å². The highest BCUT2D eigenvalue weighted by Gasteiger charge is 2.49. The molecule has 0 bridgehead atoms. The second kappa shape index (κ2) is 7.44. The molecule has 0 spiro atoms. The molecule has 5 heteroatoms. The predicted molar refractivity (Wildman–Crippen MR) is 85.6 cm³/mol. The van der Waals surface area contributed by atoms with E-state index in [2.05, 4.69) is 19.2 Å². The highest BCUT2D eigenvalue weighted by Crippen LogP contribution is 2.41. The van der Waals surface area contributed by atoms with Crippen LogP contribution in [0.25, 0.3) is 0 Å². The third kappa shape index (κ3) is 3.45. The predicted octanol–water partition coefficient (Wildman–Crippen LogP) is 2.40. The average Bonchev–Trinajstić information content (AvgIpc) is 3.06. The molecule has 0 radical (unpaired) electrons. The molecule has 126 valence electrons. The molecule has 1 heterocycles. The van der Waals surface area contributed by atoms with Crippen LogP contribution in [0, 0.1) is 5.92 Å². The normalized spacial score (nSPS) is 30.1. The zero-order chi connectivity index (χ0) is 16.3. The molecule has 1 saturated heterocycles. The van der Waals surface area contributed by atoms with Crippen molar-refractivity contribution >= 4 is 11.9 Å². The van der Waals surface area contributed by atoms with Crippen LogP contribution in [0.3, 0.4) is 0 Å². The van der Waals surface area contributed by atoms with E-state index in [4.69, 9.17) is 0 Å². The summed E-state index contributed by atoms with van der Waals surface area (Å²) in [6.45, 7) is 6.14. The van der Waals surface area contributed by atoms with Gasteiger partial charge in [-0.1, -0.05) is 26.7 Å². The number of likely N-dealkylation sites (tertiary alicyclic amines) is 1. The van der Waals surface area contributed by atoms with Crippen molar-refractivity contribution in [3.8, 4) is 0 Å². The number of fused-ring (bicyclic) bond motifs is 1. The highest BCUT2D eigenvalue weighted by molar-refractivity contribution is 5.88. The SMILES string of the molecule is CCCC(CC)NC(C)C(=O)N1C(C(=O)O)CC2CCCC21. The van der Waals surface area contributed by atoms with E-state index in [0.717, 1.165) is 38.5 Å². The zero-order valence-corrected chi connectivity index (χ0v) is 14.0. The lowest BCUT2D eigenvalue weighted by molar-refractivity contribution is -0.150. The maximum absolute atomic E-state index is 12.9. The molecule has 5 nitrogen and oxygen atoms in total. The summed E-state index contributed by atoms with van der Waals surface area (Å²) >= 11 is 0. The molecule has 1 aliphatic heterocycles. The Hall–Kier alpha value is -1.10. The van der Waals surface area contributed by atoms with Gasteiger partial charge in [-0.15, -0.1) is 0 Å². The summed E-state index contributed by atoms with van der Waals surface area (Å²) in [5, 5.41) is 12.9. The van der Waals surface area contributed by atoms with Gasteiger partial charge in [0.05, 0.1) is 6.04 Å². The number of carbonyl (C=O) groups is 2. The molecule has 5 unspecified atom stereocenters. The van der Waals surface area contributed by atoms with E-state index in [0.29, 0.717) is 18.4 Å². The second-order valence-electron chi connectivity index (χ2n) is 6.88. The topological polar surface area (TPSA) is 69.6 Å². The Morgan fingerprint density at radius 3 is 2.64 bits per heavy atom. The quantitative estimate of drug-likeness (QED) is 0.757. The van der Waals surface area contributed by atoms with Crippen LogP contribution in [0.4, 0.5) is 0 Å². The van der Waals surface area contributed by atoms with Gasteiger partial charge in [-0.3, -0.25) is 4.79 Å². The number of carboxylic acid groups (broad SMARTS) is 1. The van der Waals surface area contributed by atoms with Crippen molar-refractivity contribution in [2.75, 3.05) is 0 Å². The number of aliphatic carboxylic acids is 1. The molecule has 2 rings (SSSR count). The van der Waals surface area contributed by atoms with Crippen LogP contribution in [0.1, 0.15) is 65.7 Å². The van der Waals surface area contributed by atoms with Gasteiger partial charge in [0.15, 0.2) is 0 Å².